The van der Waals surface area contributed by atoms with Gasteiger partial charge in [0, 0.05) is 31.9 Å². The van der Waals surface area contributed by atoms with E-state index < -0.39 is 0 Å². The lowest BCUT2D eigenvalue weighted by Gasteiger charge is -2.17. The van der Waals surface area contributed by atoms with Gasteiger partial charge in [0.1, 0.15) is 5.56 Å². The second-order valence-corrected chi connectivity index (χ2v) is 6.73. The highest BCUT2D eigenvalue weighted by Gasteiger charge is 2.18. The quantitative estimate of drug-likeness (QED) is 0.796. The third-order valence-corrected chi connectivity index (χ3v) is 4.46. The normalized spacial score (nSPS) is 16.8. The first-order chi connectivity index (χ1) is 12.6. The van der Waals surface area contributed by atoms with Crippen LogP contribution in [0.3, 0.4) is 0 Å². The molecule has 2 aromatic rings. The highest BCUT2D eigenvalue weighted by molar-refractivity contribution is 5.93. The lowest BCUT2D eigenvalue weighted by atomic mass is 10.2. The molecule has 1 aliphatic rings. The Balaban J connectivity index is 1.56. The van der Waals surface area contributed by atoms with Gasteiger partial charge in [0.2, 0.25) is 0 Å². The number of aromatic amines is 1. The van der Waals surface area contributed by atoms with Crippen molar-refractivity contribution in [1.82, 2.24) is 15.2 Å². The number of aromatic nitrogens is 1. The number of H-pyrrole nitrogens is 1. The standard InChI is InChI=1S/C20H25N3O3/c1-23(13-15-6-3-2-4-7-15)14-16-9-10-18(20(25)22-16)19(24)21-12-17-8-5-11-26-17/h2-4,6-7,9-10,17H,5,8,11-14H2,1H3,(H,21,24)(H,22,25). The zero-order valence-electron chi connectivity index (χ0n) is 15.0. The molecule has 1 aliphatic heterocycles. The Morgan fingerprint density at radius 2 is 2.04 bits per heavy atom. The summed E-state index contributed by atoms with van der Waals surface area (Å²) in [6.45, 7) is 2.57. The molecular formula is C20H25N3O3. The monoisotopic (exact) mass is 355 g/mol. The number of amides is 1. The zero-order chi connectivity index (χ0) is 18.4. The van der Waals surface area contributed by atoms with Crippen LogP contribution in [0.2, 0.25) is 0 Å². The summed E-state index contributed by atoms with van der Waals surface area (Å²) in [6.07, 6.45) is 2.03. The predicted octanol–water partition coefficient (Wildman–Crippen LogP) is 1.92. The largest absolute Gasteiger partial charge is 0.376 e. The highest BCUT2D eigenvalue weighted by Crippen LogP contribution is 2.11. The average molecular weight is 355 g/mol. The zero-order valence-corrected chi connectivity index (χ0v) is 15.0. The summed E-state index contributed by atoms with van der Waals surface area (Å²) in [6, 6.07) is 13.5. The first-order valence-corrected chi connectivity index (χ1v) is 8.96. The van der Waals surface area contributed by atoms with Gasteiger partial charge in [-0.3, -0.25) is 14.5 Å². The minimum atomic E-state index is -0.361. The molecule has 0 saturated carbocycles. The number of nitrogens with zero attached hydrogens (tertiary/aromatic N) is 1. The first kappa shape index (κ1) is 18.4. The summed E-state index contributed by atoms with van der Waals surface area (Å²) >= 11 is 0. The number of ether oxygens (including phenoxy) is 1. The molecule has 0 bridgehead atoms. The predicted molar refractivity (Wildman–Crippen MR) is 100.0 cm³/mol. The number of carbonyl (C=O) groups is 1. The van der Waals surface area contributed by atoms with Crippen molar-refractivity contribution >= 4 is 5.91 Å². The molecule has 0 spiro atoms. The van der Waals surface area contributed by atoms with Gasteiger partial charge in [-0.05, 0) is 37.6 Å². The average Bonchev–Trinajstić information content (AvgIpc) is 3.14. The molecule has 0 aliphatic carbocycles. The van der Waals surface area contributed by atoms with Gasteiger partial charge in [-0.1, -0.05) is 30.3 Å². The SMILES string of the molecule is CN(Cc1ccccc1)Cc1ccc(C(=O)NCC2CCCO2)c(=O)[nH]1. The Bertz CT molecular complexity index is 782. The summed E-state index contributed by atoms with van der Waals surface area (Å²) in [7, 11) is 1.99. The maximum Gasteiger partial charge on any atom is 0.261 e. The fourth-order valence-electron chi connectivity index (χ4n) is 3.13. The third kappa shape index (κ3) is 5.03. The molecule has 1 aromatic carbocycles. The Hall–Kier alpha value is -2.44. The van der Waals surface area contributed by atoms with E-state index in [2.05, 4.69) is 27.3 Å². The molecule has 26 heavy (non-hydrogen) atoms. The molecule has 3 rings (SSSR count). The van der Waals surface area contributed by atoms with E-state index in [0.29, 0.717) is 13.1 Å². The smallest absolute Gasteiger partial charge is 0.261 e. The third-order valence-electron chi connectivity index (χ3n) is 4.46. The van der Waals surface area contributed by atoms with Crippen LogP contribution in [0.15, 0.2) is 47.3 Å². The van der Waals surface area contributed by atoms with Crippen LogP contribution >= 0.6 is 0 Å². The van der Waals surface area contributed by atoms with Gasteiger partial charge in [0.15, 0.2) is 0 Å². The Labute approximate surface area is 153 Å². The summed E-state index contributed by atoms with van der Waals surface area (Å²) in [4.78, 5) is 29.4. The molecule has 1 unspecified atom stereocenters. The fourth-order valence-corrected chi connectivity index (χ4v) is 3.13. The molecular weight excluding hydrogens is 330 g/mol. The van der Waals surface area contributed by atoms with Gasteiger partial charge in [-0.25, -0.2) is 0 Å². The number of benzene rings is 1. The van der Waals surface area contributed by atoms with Crippen molar-refractivity contribution in [2.75, 3.05) is 20.2 Å². The number of carbonyl (C=O) groups excluding carboxylic acids is 1. The number of hydrogen-bond donors (Lipinski definition) is 2. The van der Waals surface area contributed by atoms with E-state index in [9.17, 15) is 9.59 Å². The van der Waals surface area contributed by atoms with E-state index in [1.807, 2.05) is 25.2 Å². The van der Waals surface area contributed by atoms with Crippen molar-refractivity contribution in [2.24, 2.45) is 0 Å². The molecule has 1 fully saturated rings. The van der Waals surface area contributed by atoms with E-state index in [1.54, 1.807) is 12.1 Å². The van der Waals surface area contributed by atoms with Crippen LogP contribution in [0.1, 0.15) is 34.5 Å². The van der Waals surface area contributed by atoms with Gasteiger partial charge < -0.3 is 15.0 Å². The van der Waals surface area contributed by atoms with Crippen LogP contribution in [-0.2, 0) is 17.8 Å². The van der Waals surface area contributed by atoms with Crippen LogP contribution in [0.25, 0.3) is 0 Å². The Kier molecular flexibility index (Phi) is 6.20. The molecule has 1 aromatic heterocycles. The van der Waals surface area contributed by atoms with Gasteiger partial charge in [-0.2, -0.15) is 0 Å². The van der Waals surface area contributed by atoms with E-state index in [4.69, 9.17) is 4.74 Å². The topological polar surface area (TPSA) is 74.4 Å². The first-order valence-electron chi connectivity index (χ1n) is 8.96. The van der Waals surface area contributed by atoms with Crippen molar-refractivity contribution < 1.29 is 9.53 Å². The van der Waals surface area contributed by atoms with E-state index >= 15 is 0 Å². The second-order valence-electron chi connectivity index (χ2n) is 6.73. The van der Waals surface area contributed by atoms with Gasteiger partial charge in [0.05, 0.1) is 6.10 Å². The minimum Gasteiger partial charge on any atom is -0.376 e. The van der Waals surface area contributed by atoms with Gasteiger partial charge in [-0.15, -0.1) is 0 Å². The van der Waals surface area contributed by atoms with Crippen LogP contribution in [0.4, 0.5) is 0 Å². The van der Waals surface area contributed by atoms with Crippen molar-refractivity contribution in [3.63, 3.8) is 0 Å². The molecule has 1 saturated heterocycles. The molecule has 0 radical (unpaired) electrons. The summed E-state index contributed by atoms with van der Waals surface area (Å²) in [5.41, 5.74) is 1.77. The molecule has 2 N–H and O–H groups in total. The molecule has 2 heterocycles. The van der Waals surface area contributed by atoms with Gasteiger partial charge in [0.25, 0.3) is 11.5 Å². The summed E-state index contributed by atoms with van der Waals surface area (Å²) in [5.74, 6) is -0.356. The maximum absolute atomic E-state index is 12.3. The highest BCUT2D eigenvalue weighted by atomic mass is 16.5. The molecule has 1 atom stereocenters. The minimum absolute atomic E-state index is 0.0592. The van der Waals surface area contributed by atoms with E-state index in [0.717, 1.165) is 31.7 Å². The van der Waals surface area contributed by atoms with Crippen LogP contribution < -0.4 is 10.9 Å². The van der Waals surface area contributed by atoms with E-state index in [-0.39, 0.29) is 23.1 Å². The van der Waals surface area contributed by atoms with Crippen LogP contribution in [0, 0.1) is 0 Å². The van der Waals surface area contributed by atoms with Crippen molar-refractivity contribution in [2.45, 2.75) is 32.0 Å². The lowest BCUT2D eigenvalue weighted by Crippen LogP contribution is -2.35. The van der Waals surface area contributed by atoms with Crippen LogP contribution in [0.5, 0.6) is 0 Å². The number of rotatable bonds is 7. The summed E-state index contributed by atoms with van der Waals surface area (Å²) < 4.78 is 5.47. The van der Waals surface area contributed by atoms with Crippen molar-refractivity contribution in [3.05, 3.63) is 69.6 Å². The number of hydrogen-bond acceptors (Lipinski definition) is 4. The fraction of sp³-hybridized carbons (Fsp3) is 0.400. The maximum atomic E-state index is 12.3. The van der Waals surface area contributed by atoms with Crippen molar-refractivity contribution in [1.29, 1.82) is 0 Å². The molecule has 6 nitrogen and oxygen atoms in total. The number of nitrogens with one attached hydrogen (secondary N) is 2. The summed E-state index contributed by atoms with van der Waals surface area (Å²) in [5, 5.41) is 2.78. The van der Waals surface area contributed by atoms with Gasteiger partial charge >= 0.3 is 0 Å². The van der Waals surface area contributed by atoms with Crippen LogP contribution in [-0.4, -0.2) is 42.1 Å². The second kappa shape index (κ2) is 8.78. The van der Waals surface area contributed by atoms with E-state index in [1.165, 1.54) is 5.56 Å². The lowest BCUT2D eigenvalue weighted by molar-refractivity contribution is 0.0856. The molecule has 6 heteroatoms. The Morgan fingerprint density at radius 3 is 2.73 bits per heavy atom. The van der Waals surface area contributed by atoms with Crippen molar-refractivity contribution in [3.8, 4) is 0 Å². The molecule has 1 amide bonds. The molecule has 138 valence electrons. The number of pyridine rings is 1. The Morgan fingerprint density at radius 1 is 1.23 bits per heavy atom.